The van der Waals surface area contributed by atoms with Crippen molar-refractivity contribution in [1.82, 2.24) is 14.9 Å². The van der Waals surface area contributed by atoms with E-state index in [-0.39, 0.29) is 6.10 Å². The molecule has 0 aromatic carbocycles. The zero-order chi connectivity index (χ0) is 14.9. The van der Waals surface area contributed by atoms with Gasteiger partial charge in [0.05, 0.1) is 18.2 Å². The van der Waals surface area contributed by atoms with E-state index >= 15 is 0 Å². The SMILES string of the molecule is Cn1cncc1[C@@H]1C[C@H](N[C@@H]2CCC[C@H](C3CC3)C2)CCO1. The Hall–Kier alpha value is -0.870. The third-order valence-corrected chi connectivity index (χ3v) is 5.94. The molecule has 0 unspecified atom stereocenters. The Labute approximate surface area is 133 Å². The maximum atomic E-state index is 5.99. The van der Waals surface area contributed by atoms with E-state index in [1.807, 2.05) is 12.5 Å². The van der Waals surface area contributed by atoms with Crippen molar-refractivity contribution in [3.63, 3.8) is 0 Å². The summed E-state index contributed by atoms with van der Waals surface area (Å²) in [5.74, 6) is 2.08. The van der Waals surface area contributed by atoms with Gasteiger partial charge in [-0.15, -0.1) is 0 Å². The Morgan fingerprint density at radius 2 is 1.95 bits per heavy atom. The van der Waals surface area contributed by atoms with Gasteiger partial charge in [-0.25, -0.2) is 4.98 Å². The normalized spacial score (nSPS) is 36.4. The standard InChI is InChI=1S/C18H29N3O/c1-21-12-19-11-17(21)18-10-16(7-8-22-18)20-15-4-2-3-14(9-15)13-5-6-13/h11-16,18,20H,2-10H2,1H3/t14-,15+,16+,18-/m0/s1. The van der Waals surface area contributed by atoms with Gasteiger partial charge in [0.1, 0.15) is 6.10 Å². The van der Waals surface area contributed by atoms with Crippen LogP contribution in [0.1, 0.15) is 63.2 Å². The van der Waals surface area contributed by atoms with Crippen molar-refractivity contribution in [3.05, 3.63) is 18.2 Å². The van der Waals surface area contributed by atoms with Crippen LogP contribution in [-0.4, -0.2) is 28.2 Å². The summed E-state index contributed by atoms with van der Waals surface area (Å²) in [6, 6.07) is 1.35. The van der Waals surface area contributed by atoms with Gasteiger partial charge in [-0.1, -0.05) is 12.8 Å². The predicted octanol–water partition coefficient (Wildman–Crippen LogP) is 3.20. The molecule has 2 heterocycles. The summed E-state index contributed by atoms with van der Waals surface area (Å²) >= 11 is 0. The first-order valence-electron chi connectivity index (χ1n) is 9.13. The molecule has 4 atom stereocenters. The van der Waals surface area contributed by atoms with Gasteiger partial charge in [0.15, 0.2) is 0 Å². The van der Waals surface area contributed by atoms with Gasteiger partial charge >= 0.3 is 0 Å². The van der Waals surface area contributed by atoms with Crippen LogP contribution in [0, 0.1) is 11.8 Å². The molecule has 2 aliphatic carbocycles. The minimum Gasteiger partial charge on any atom is -0.372 e. The molecule has 0 radical (unpaired) electrons. The molecule has 0 spiro atoms. The minimum absolute atomic E-state index is 0.210. The number of aryl methyl sites for hydroxylation is 1. The molecule has 0 bridgehead atoms. The number of nitrogens with one attached hydrogen (secondary N) is 1. The van der Waals surface area contributed by atoms with Crippen LogP contribution < -0.4 is 5.32 Å². The van der Waals surface area contributed by atoms with Gasteiger partial charge in [0.2, 0.25) is 0 Å². The zero-order valence-electron chi connectivity index (χ0n) is 13.7. The van der Waals surface area contributed by atoms with Crippen LogP contribution in [0.25, 0.3) is 0 Å². The van der Waals surface area contributed by atoms with Crippen LogP contribution in [0.4, 0.5) is 0 Å². The van der Waals surface area contributed by atoms with Crippen molar-refractivity contribution in [2.75, 3.05) is 6.61 Å². The lowest BCUT2D eigenvalue weighted by Gasteiger charge is -2.36. The van der Waals surface area contributed by atoms with E-state index in [1.165, 1.54) is 44.2 Å². The van der Waals surface area contributed by atoms with Crippen LogP contribution in [0.2, 0.25) is 0 Å². The Kier molecular flexibility index (Phi) is 4.23. The maximum Gasteiger partial charge on any atom is 0.100 e. The highest BCUT2D eigenvalue weighted by molar-refractivity contribution is 5.04. The molecule has 122 valence electrons. The molecule has 1 saturated heterocycles. The fourth-order valence-electron chi connectivity index (χ4n) is 4.54. The second kappa shape index (κ2) is 6.32. The average molecular weight is 303 g/mol. The fraction of sp³-hybridized carbons (Fsp3) is 0.833. The van der Waals surface area contributed by atoms with Crippen molar-refractivity contribution in [2.45, 2.75) is 69.6 Å². The van der Waals surface area contributed by atoms with Crippen LogP contribution in [0.5, 0.6) is 0 Å². The lowest BCUT2D eigenvalue weighted by molar-refractivity contribution is -0.00707. The monoisotopic (exact) mass is 303 g/mol. The van der Waals surface area contributed by atoms with Gasteiger partial charge in [0, 0.05) is 25.7 Å². The van der Waals surface area contributed by atoms with E-state index in [0.717, 1.165) is 37.3 Å². The third kappa shape index (κ3) is 3.23. The van der Waals surface area contributed by atoms with Crippen molar-refractivity contribution in [2.24, 2.45) is 18.9 Å². The number of aromatic nitrogens is 2. The molecule has 4 heteroatoms. The Bertz CT molecular complexity index is 496. The number of ether oxygens (including phenoxy) is 1. The molecule has 22 heavy (non-hydrogen) atoms. The minimum atomic E-state index is 0.210. The number of hydrogen-bond donors (Lipinski definition) is 1. The molecule has 3 fully saturated rings. The van der Waals surface area contributed by atoms with Crippen molar-refractivity contribution >= 4 is 0 Å². The smallest absolute Gasteiger partial charge is 0.100 e. The molecule has 4 nitrogen and oxygen atoms in total. The molecular weight excluding hydrogens is 274 g/mol. The van der Waals surface area contributed by atoms with E-state index in [2.05, 4.69) is 21.9 Å². The summed E-state index contributed by atoms with van der Waals surface area (Å²) in [4.78, 5) is 4.24. The average Bonchev–Trinajstić information content (AvgIpc) is 3.30. The topological polar surface area (TPSA) is 39.1 Å². The third-order valence-electron chi connectivity index (χ3n) is 5.94. The maximum absolute atomic E-state index is 5.99. The molecule has 1 aromatic heterocycles. The molecule has 2 saturated carbocycles. The van der Waals surface area contributed by atoms with Gasteiger partial charge in [-0.3, -0.25) is 0 Å². The molecule has 0 amide bonds. The first-order valence-corrected chi connectivity index (χ1v) is 9.13. The molecule has 1 aliphatic heterocycles. The van der Waals surface area contributed by atoms with Gasteiger partial charge in [-0.05, 0) is 50.4 Å². The molecule has 1 N–H and O–H groups in total. The first-order chi connectivity index (χ1) is 10.8. The molecule has 4 rings (SSSR count). The van der Waals surface area contributed by atoms with Crippen LogP contribution in [-0.2, 0) is 11.8 Å². The number of hydrogen-bond acceptors (Lipinski definition) is 3. The summed E-state index contributed by atoms with van der Waals surface area (Å²) in [6.45, 7) is 0.867. The lowest BCUT2D eigenvalue weighted by atomic mass is 9.82. The van der Waals surface area contributed by atoms with Crippen molar-refractivity contribution < 1.29 is 4.74 Å². The Morgan fingerprint density at radius 1 is 1.09 bits per heavy atom. The largest absolute Gasteiger partial charge is 0.372 e. The van der Waals surface area contributed by atoms with Crippen LogP contribution in [0.15, 0.2) is 12.5 Å². The lowest BCUT2D eigenvalue weighted by Crippen LogP contribution is -2.44. The van der Waals surface area contributed by atoms with Crippen molar-refractivity contribution in [1.29, 1.82) is 0 Å². The predicted molar refractivity (Wildman–Crippen MR) is 86.5 cm³/mol. The van der Waals surface area contributed by atoms with Gasteiger partial charge in [-0.2, -0.15) is 0 Å². The first kappa shape index (κ1) is 14.7. The van der Waals surface area contributed by atoms with Gasteiger partial charge in [0.25, 0.3) is 0 Å². The summed E-state index contributed by atoms with van der Waals surface area (Å²) < 4.78 is 8.09. The number of imidazole rings is 1. The van der Waals surface area contributed by atoms with Crippen LogP contribution >= 0.6 is 0 Å². The van der Waals surface area contributed by atoms with Crippen molar-refractivity contribution in [3.8, 4) is 0 Å². The van der Waals surface area contributed by atoms with Crippen LogP contribution in [0.3, 0.4) is 0 Å². The Morgan fingerprint density at radius 3 is 2.73 bits per heavy atom. The highest BCUT2D eigenvalue weighted by atomic mass is 16.5. The van der Waals surface area contributed by atoms with E-state index in [0.29, 0.717) is 6.04 Å². The summed E-state index contributed by atoms with van der Waals surface area (Å²) in [7, 11) is 2.06. The van der Waals surface area contributed by atoms with E-state index < -0.39 is 0 Å². The zero-order valence-corrected chi connectivity index (χ0v) is 13.7. The number of rotatable bonds is 4. The number of nitrogens with zero attached hydrogens (tertiary/aromatic N) is 2. The summed E-state index contributed by atoms with van der Waals surface area (Å²) in [5, 5.41) is 3.97. The Balaban J connectivity index is 1.33. The fourth-order valence-corrected chi connectivity index (χ4v) is 4.54. The quantitative estimate of drug-likeness (QED) is 0.928. The molecule has 3 aliphatic rings. The summed E-state index contributed by atoms with van der Waals surface area (Å²) in [6.07, 6.45) is 15.0. The van der Waals surface area contributed by atoms with Gasteiger partial charge < -0.3 is 14.6 Å². The van der Waals surface area contributed by atoms with E-state index in [9.17, 15) is 0 Å². The highest BCUT2D eigenvalue weighted by Gasteiger charge is 2.35. The highest BCUT2D eigenvalue weighted by Crippen LogP contribution is 2.44. The second-order valence-corrected chi connectivity index (χ2v) is 7.64. The second-order valence-electron chi connectivity index (χ2n) is 7.64. The summed E-state index contributed by atoms with van der Waals surface area (Å²) in [5.41, 5.74) is 1.21. The molecule has 1 aromatic rings. The molecular formula is C18H29N3O. The van der Waals surface area contributed by atoms with E-state index in [4.69, 9.17) is 4.74 Å². The van der Waals surface area contributed by atoms with E-state index in [1.54, 1.807) is 0 Å².